The number of hydrogen-bond donors (Lipinski definition) is 1. The molecule has 0 aliphatic carbocycles. The number of carbonyl (C=O) groups is 1. The molecule has 2 aliphatic rings. The maximum absolute atomic E-state index is 13.4. The van der Waals surface area contributed by atoms with Crippen LogP contribution in [0.4, 0.5) is 10.1 Å². The van der Waals surface area contributed by atoms with Crippen LogP contribution in [0.25, 0.3) is 0 Å². The molecule has 0 bridgehead atoms. The van der Waals surface area contributed by atoms with E-state index in [0.29, 0.717) is 6.42 Å². The average molecular weight is 424 g/mol. The fourth-order valence-corrected chi connectivity index (χ4v) is 4.82. The zero-order valence-electron chi connectivity index (χ0n) is 18.5. The van der Waals surface area contributed by atoms with E-state index in [9.17, 15) is 9.18 Å². The van der Waals surface area contributed by atoms with Crippen molar-refractivity contribution >= 4 is 11.6 Å². The molecule has 0 aromatic heterocycles. The molecule has 166 valence electrons. The topological polar surface area (TPSA) is 35.6 Å². The van der Waals surface area contributed by atoms with Crippen molar-refractivity contribution in [2.75, 3.05) is 31.5 Å². The molecular formula is C26H34FN3O. The summed E-state index contributed by atoms with van der Waals surface area (Å²) in [6.07, 6.45) is 4.87. The smallest absolute Gasteiger partial charge is 0.226 e. The standard InChI is InChI=1S/C26H34FN3O/c1-20-4-3-13-29(18-20)19-22-9-7-21(8-10-22)16-26(31)30-14-11-24(12-15-30)28-25-6-2-5-23(27)17-25/h2,5-10,17,20,24,28H,3-4,11-16,18-19H2,1H3/t20-/m1/s1. The van der Waals surface area contributed by atoms with Gasteiger partial charge in [0, 0.05) is 37.9 Å². The molecule has 4 rings (SSSR count). The summed E-state index contributed by atoms with van der Waals surface area (Å²) in [5.41, 5.74) is 3.22. The number of benzene rings is 2. The molecule has 2 heterocycles. The van der Waals surface area contributed by atoms with Crippen molar-refractivity contribution in [2.24, 2.45) is 5.92 Å². The molecule has 0 saturated carbocycles. The fraction of sp³-hybridized carbons (Fsp3) is 0.500. The summed E-state index contributed by atoms with van der Waals surface area (Å²) in [4.78, 5) is 17.3. The number of nitrogens with zero attached hydrogens (tertiary/aromatic N) is 2. The van der Waals surface area contributed by atoms with E-state index in [-0.39, 0.29) is 17.8 Å². The Hall–Kier alpha value is -2.40. The van der Waals surface area contributed by atoms with Gasteiger partial charge in [0.2, 0.25) is 5.91 Å². The van der Waals surface area contributed by atoms with Crippen LogP contribution >= 0.6 is 0 Å². The van der Waals surface area contributed by atoms with Crippen molar-refractivity contribution in [3.63, 3.8) is 0 Å². The third-order valence-electron chi connectivity index (χ3n) is 6.57. The van der Waals surface area contributed by atoms with E-state index in [4.69, 9.17) is 0 Å². The molecular weight excluding hydrogens is 389 g/mol. The number of piperidine rings is 2. The van der Waals surface area contributed by atoms with E-state index in [2.05, 4.69) is 41.4 Å². The van der Waals surface area contributed by atoms with Crippen molar-refractivity contribution < 1.29 is 9.18 Å². The summed E-state index contributed by atoms with van der Waals surface area (Å²) < 4.78 is 13.4. The number of likely N-dealkylation sites (tertiary alicyclic amines) is 2. The number of halogens is 1. The Kier molecular flexibility index (Phi) is 7.23. The van der Waals surface area contributed by atoms with Crippen LogP contribution in [0.1, 0.15) is 43.7 Å². The summed E-state index contributed by atoms with van der Waals surface area (Å²) in [6.45, 7) is 7.21. The zero-order chi connectivity index (χ0) is 21.6. The molecule has 0 radical (unpaired) electrons. The highest BCUT2D eigenvalue weighted by Crippen LogP contribution is 2.20. The second kappa shape index (κ2) is 10.3. The quantitative estimate of drug-likeness (QED) is 0.731. The van der Waals surface area contributed by atoms with Gasteiger partial charge in [-0.1, -0.05) is 37.3 Å². The van der Waals surface area contributed by atoms with E-state index in [0.717, 1.165) is 49.6 Å². The molecule has 0 unspecified atom stereocenters. The van der Waals surface area contributed by atoms with Crippen molar-refractivity contribution in [1.29, 1.82) is 0 Å². The summed E-state index contributed by atoms with van der Waals surface area (Å²) in [5.74, 6) is 0.759. The summed E-state index contributed by atoms with van der Waals surface area (Å²) in [6, 6.07) is 15.4. The van der Waals surface area contributed by atoms with Crippen molar-refractivity contribution in [3.8, 4) is 0 Å². The van der Waals surface area contributed by atoms with Gasteiger partial charge in [0.25, 0.3) is 0 Å². The second-order valence-corrected chi connectivity index (χ2v) is 9.29. The van der Waals surface area contributed by atoms with Gasteiger partial charge in [-0.15, -0.1) is 0 Å². The minimum Gasteiger partial charge on any atom is -0.382 e. The highest BCUT2D eigenvalue weighted by Gasteiger charge is 2.23. The predicted octanol–water partition coefficient (Wildman–Crippen LogP) is 4.70. The largest absolute Gasteiger partial charge is 0.382 e. The van der Waals surface area contributed by atoms with E-state index in [1.807, 2.05) is 11.0 Å². The molecule has 1 N–H and O–H groups in total. The van der Waals surface area contributed by atoms with Gasteiger partial charge in [0.15, 0.2) is 0 Å². The van der Waals surface area contributed by atoms with Crippen molar-refractivity contribution in [2.45, 2.75) is 51.6 Å². The highest BCUT2D eigenvalue weighted by molar-refractivity contribution is 5.78. The van der Waals surface area contributed by atoms with Gasteiger partial charge >= 0.3 is 0 Å². The molecule has 2 aromatic rings. The van der Waals surface area contributed by atoms with E-state index >= 15 is 0 Å². The maximum atomic E-state index is 13.4. The minimum atomic E-state index is -0.228. The van der Waals surface area contributed by atoms with Crippen LogP contribution in [0.5, 0.6) is 0 Å². The first-order chi connectivity index (χ1) is 15.0. The second-order valence-electron chi connectivity index (χ2n) is 9.29. The summed E-state index contributed by atoms with van der Waals surface area (Å²) >= 11 is 0. The van der Waals surface area contributed by atoms with Crippen LogP contribution in [0, 0.1) is 11.7 Å². The van der Waals surface area contributed by atoms with Crippen LogP contribution in [0.3, 0.4) is 0 Å². The summed E-state index contributed by atoms with van der Waals surface area (Å²) in [5, 5.41) is 3.39. The van der Waals surface area contributed by atoms with Gasteiger partial charge in [-0.05, 0) is 67.5 Å². The Labute approximate surface area is 185 Å². The molecule has 2 saturated heterocycles. The lowest BCUT2D eigenvalue weighted by Crippen LogP contribution is -2.43. The van der Waals surface area contributed by atoms with Crippen LogP contribution in [0.2, 0.25) is 0 Å². The lowest BCUT2D eigenvalue weighted by Gasteiger charge is -2.33. The lowest BCUT2D eigenvalue weighted by atomic mass is 9.99. The number of nitrogens with one attached hydrogen (secondary N) is 1. The number of hydrogen-bond acceptors (Lipinski definition) is 3. The van der Waals surface area contributed by atoms with Crippen LogP contribution < -0.4 is 5.32 Å². The number of rotatable bonds is 6. The van der Waals surface area contributed by atoms with Gasteiger partial charge in [0.1, 0.15) is 5.82 Å². The molecule has 31 heavy (non-hydrogen) atoms. The summed E-state index contributed by atoms with van der Waals surface area (Å²) in [7, 11) is 0. The molecule has 1 amide bonds. The highest BCUT2D eigenvalue weighted by atomic mass is 19.1. The molecule has 5 heteroatoms. The normalized spacial score (nSPS) is 20.6. The number of carbonyl (C=O) groups excluding carboxylic acids is 1. The Morgan fingerprint density at radius 3 is 2.48 bits per heavy atom. The Balaban J connectivity index is 1.22. The predicted molar refractivity (Wildman–Crippen MR) is 123 cm³/mol. The molecule has 2 aromatic carbocycles. The fourth-order valence-electron chi connectivity index (χ4n) is 4.82. The van der Waals surface area contributed by atoms with Gasteiger partial charge in [-0.2, -0.15) is 0 Å². The Bertz CT molecular complexity index is 861. The van der Waals surface area contributed by atoms with Crippen molar-refractivity contribution in [3.05, 3.63) is 65.5 Å². The third-order valence-corrected chi connectivity index (χ3v) is 6.57. The Morgan fingerprint density at radius 1 is 1.03 bits per heavy atom. The van der Waals surface area contributed by atoms with Gasteiger partial charge < -0.3 is 10.2 Å². The number of anilines is 1. The maximum Gasteiger partial charge on any atom is 0.226 e. The lowest BCUT2D eigenvalue weighted by molar-refractivity contribution is -0.131. The molecule has 2 fully saturated rings. The van der Waals surface area contributed by atoms with Gasteiger partial charge in [0.05, 0.1) is 6.42 Å². The SMILES string of the molecule is C[C@@H]1CCCN(Cc2ccc(CC(=O)N3CCC(Nc4cccc(F)c4)CC3)cc2)C1. The first kappa shape index (κ1) is 21.8. The molecule has 1 atom stereocenters. The third kappa shape index (κ3) is 6.30. The van der Waals surface area contributed by atoms with Crippen LogP contribution in [-0.2, 0) is 17.8 Å². The van der Waals surface area contributed by atoms with Crippen LogP contribution in [-0.4, -0.2) is 47.9 Å². The molecule has 4 nitrogen and oxygen atoms in total. The zero-order valence-corrected chi connectivity index (χ0v) is 18.5. The molecule has 0 spiro atoms. The van der Waals surface area contributed by atoms with Gasteiger partial charge in [-0.3, -0.25) is 9.69 Å². The number of amides is 1. The van der Waals surface area contributed by atoms with Gasteiger partial charge in [-0.25, -0.2) is 4.39 Å². The Morgan fingerprint density at radius 2 is 1.77 bits per heavy atom. The monoisotopic (exact) mass is 423 g/mol. The first-order valence-corrected chi connectivity index (χ1v) is 11.7. The van der Waals surface area contributed by atoms with Crippen LogP contribution in [0.15, 0.2) is 48.5 Å². The van der Waals surface area contributed by atoms with E-state index in [1.165, 1.54) is 43.6 Å². The average Bonchev–Trinajstić information content (AvgIpc) is 2.76. The van der Waals surface area contributed by atoms with E-state index in [1.54, 1.807) is 6.07 Å². The van der Waals surface area contributed by atoms with Crippen molar-refractivity contribution in [1.82, 2.24) is 9.80 Å². The molecule has 2 aliphatic heterocycles. The first-order valence-electron chi connectivity index (χ1n) is 11.7. The minimum absolute atomic E-state index is 0.196. The van der Waals surface area contributed by atoms with E-state index < -0.39 is 0 Å².